The average Bonchev–Trinajstić information content (AvgIpc) is 1.96. The lowest BCUT2D eigenvalue weighted by Gasteiger charge is -2.27. The van der Waals surface area contributed by atoms with Crippen LogP contribution in [0, 0.1) is 11.8 Å². The molecule has 0 aromatic carbocycles. The number of nitrogens with two attached hydrogens (primary N) is 1. The molecule has 1 rings (SSSR count). The van der Waals surface area contributed by atoms with E-state index in [9.17, 15) is 0 Å². The molecule has 1 fully saturated rings. The van der Waals surface area contributed by atoms with E-state index in [0.717, 1.165) is 17.6 Å². The Morgan fingerprint density at radius 1 is 1.31 bits per heavy atom. The zero-order valence-corrected chi connectivity index (χ0v) is 9.78. The molecule has 1 nitrogen and oxygen atoms in total. The number of hydrogen-bond donors (Lipinski definition) is 1. The highest BCUT2D eigenvalue weighted by molar-refractivity contribution is 7.99. The lowest BCUT2D eigenvalue weighted by atomic mass is 9.81. The molecule has 0 spiro atoms. The van der Waals surface area contributed by atoms with Crippen LogP contribution < -0.4 is 5.73 Å². The van der Waals surface area contributed by atoms with E-state index in [0.29, 0.717) is 6.04 Å². The topological polar surface area (TPSA) is 26.0 Å². The number of hydrogen-bond acceptors (Lipinski definition) is 2. The molecule has 2 heteroatoms. The Morgan fingerprint density at radius 2 is 2.00 bits per heavy atom. The summed E-state index contributed by atoms with van der Waals surface area (Å²) in [4.78, 5) is 0. The van der Waals surface area contributed by atoms with Gasteiger partial charge in [-0.2, -0.15) is 11.8 Å². The highest BCUT2D eigenvalue weighted by Crippen LogP contribution is 2.30. The van der Waals surface area contributed by atoms with Crippen LogP contribution in [0.4, 0.5) is 0 Å². The van der Waals surface area contributed by atoms with Crippen LogP contribution in [0.3, 0.4) is 0 Å². The molecular weight excluding hydrogens is 178 g/mol. The summed E-state index contributed by atoms with van der Waals surface area (Å²) in [5, 5.41) is 0. The first kappa shape index (κ1) is 11.4. The molecule has 1 saturated carbocycles. The van der Waals surface area contributed by atoms with Gasteiger partial charge in [-0.1, -0.05) is 33.1 Å². The predicted octanol–water partition coefficient (Wildman–Crippen LogP) is 2.89. The lowest BCUT2D eigenvalue weighted by Crippen LogP contribution is -2.29. The summed E-state index contributed by atoms with van der Waals surface area (Å²) >= 11 is 2.02. The first-order chi connectivity index (χ1) is 6.18. The standard InChI is InChI=1S/C11H23NS/c1-9(2)7-13-8-11(12)6-10-4-3-5-10/h9-11H,3-8,12H2,1-2H3. The average molecular weight is 201 g/mol. The van der Waals surface area contributed by atoms with Crippen LogP contribution in [0.15, 0.2) is 0 Å². The second kappa shape index (κ2) is 5.92. The summed E-state index contributed by atoms with van der Waals surface area (Å²) in [6, 6.07) is 0.453. The van der Waals surface area contributed by atoms with Crippen molar-refractivity contribution < 1.29 is 0 Å². The van der Waals surface area contributed by atoms with Crippen molar-refractivity contribution in [1.82, 2.24) is 0 Å². The van der Waals surface area contributed by atoms with Crippen molar-refractivity contribution in [2.75, 3.05) is 11.5 Å². The van der Waals surface area contributed by atoms with Gasteiger partial charge in [0.2, 0.25) is 0 Å². The maximum Gasteiger partial charge on any atom is 0.0133 e. The Bertz CT molecular complexity index is 132. The number of rotatable bonds is 6. The van der Waals surface area contributed by atoms with Gasteiger partial charge in [0.1, 0.15) is 0 Å². The van der Waals surface area contributed by atoms with Gasteiger partial charge in [0, 0.05) is 11.8 Å². The molecule has 0 saturated heterocycles. The van der Waals surface area contributed by atoms with Gasteiger partial charge in [0.15, 0.2) is 0 Å². The lowest BCUT2D eigenvalue weighted by molar-refractivity contribution is 0.282. The molecule has 1 unspecified atom stereocenters. The van der Waals surface area contributed by atoms with Crippen molar-refractivity contribution in [3.8, 4) is 0 Å². The Hall–Kier alpha value is 0.310. The molecule has 13 heavy (non-hydrogen) atoms. The molecule has 0 heterocycles. The van der Waals surface area contributed by atoms with Crippen molar-refractivity contribution in [2.45, 2.75) is 45.6 Å². The fourth-order valence-corrected chi connectivity index (χ4v) is 2.73. The molecule has 0 aromatic heterocycles. The summed E-state index contributed by atoms with van der Waals surface area (Å²) in [6.07, 6.45) is 5.58. The molecule has 0 aromatic rings. The quantitative estimate of drug-likeness (QED) is 0.715. The molecule has 1 aliphatic carbocycles. The van der Waals surface area contributed by atoms with Gasteiger partial charge >= 0.3 is 0 Å². The third-order valence-electron chi connectivity index (χ3n) is 2.64. The van der Waals surface area contributed by atoms with Gasteiger partial charge in [0.25, 0.3) is 0 Å². The molecule has 1 atom stereocenters. The normalized spacial score (nSPS) is 20.3. The Morgan fingerprint density at radius 3 is 2.46 bits per heavy atom. The van der Waals surface area contributed by atoms with Crippen molar-refractivity contribution in [2.24, 2.45) is 17.6 Å². The van der Waals surface area contributed by atoms with Crippen LogP contribution in [0.1, 0.15) is 39.5 Å². The molecule has 0 amide bonds. The van der Waals surface area contributed by atoms with Gasteiger partial charge in [0.05, 0.1) is 0 Å². The third kappa shape index (κ3) is 4.92. The van der Waals surface area contributed by atoms with E-state index < -0.39 is 0 Å². The smallest absolute Gasteiger partial charge is 0.0133 e. The summed E-state index contributed by atoms with van der Waals surface area (Å²) < 4.78 is 0. The van der Waals surface area contributed by atoms with E-state index in [1.807, 2.05) is 11.8 Å². The van der Waals surface area contributed by atoms with E-state index in [2.05, 4.69) is 13.8 Å². The molecule has 0 radical (unpaired) electrons. The van der Waals surface area contributed by atoms with Gasteiger partial charge in [-0.25, -0.2) is 0 Å². The van der Waals surface area contributed by atoms with Crippen LogP contribution in [-0.2, 0) is 0 Å². The fraction of sp³-hybridized carbons (Fsp3) is 1.00. The largest absolute Gasteiger partial charge is 0.327 e. The third-order valence-corrected chi connectivity index (χ3v) is 4.21. The van der Waals surface area contributed by atoms with Gasteiger partial charge < -0.3 is 5.73 Å². The van der Waals surface area contributed by atoms with E-state index >= 15 is 0 Å². The van der Waals surface area contributed by atoms with Gasteiger partial charge in [-0.15, -0.1) is 0 Å². The molecular formula is C11H23NS. The highest BCUT2D eigenvalue weighted by Gasteiger charge is 2.19. The first-order valence-corrected chi connectivity index (χ1v) is 6.67. The van der Waals surface area contributed by atoms with Crippen molar-refractivity contribution in [3.05, 3.63) is 0 Å². The molecule has 0 aliphatic heterocycles. The second-order valence-corrected chi connectivity index (χ2v) is 5.80. The zero-order chi connectivity index (χ0) is 9.68. The number of thioether (sulfide) groups is 1. The van der Waals surface area contributed by atoms with E-state index in [-0.39, 0.29) is 0 Å². The van der Waals surface area contributed by atoms with Crippen LogP contribution >= 0.6 is 11.8 Å². The maximum atomic E-state index is 6.05. The SMILES string of the molecule is CC(C)CSCC(N)CC1CCC1. The van der Waals surface area contributed by atoms with E-state index in [1.165, 1.54) is 31.4 Å². The summed E-state index contributed by atoms with van der Waals surface area (Å²) in [5.41, 5.74) is 6.05. The monoisotopic (exact) mass is 201 g/mol. The molecule has 2 N–H and O–H groups in total. The minimum Gasteiger partial charge on any atom is -0.327 e. The van der Waals surface area contributed by atoms with Crippen LogP contribution in [-0.4, -0.2) is 17.5 Å². The van der Waals surface area contributed by atoms with E-state index in [4.69, 9.17) is 5.73 Å². The Balaban J connectivity index is 1.93. The summed E-state index contributed by atoms with van der Waals surface area (Å²) in [5.74, 6) is 4.20. The molecule has 78 valence electrons. The Kier molecular flexibility index (Phi) is 5.18. The molecule has 0 bridgehead atoms. The highest BCUT2D eigenvalue weighted by atomic mass is 32.2. The van der Waals surface area contributed by atoms with Crippen LogP contribution in [0.25, 0.3) is 0 Å². The van der Waals surface area contributed by atoms with Crippen molar-refractivity contribution in [3.63, 3.8) is 0 Å². The molecule has 1 aliphatic rings. The summed E-state index contributed by atoms with van der Waals surface area (Å²) in [6.45, 7) is 4.54. The predicted molar refractivity (Wildman–Crippen MR) is 62.1 cm³/mol. The van der Waals surface area contributed by atoms with Crippen LogP contribution in [0.2, 0.25) is 0 Å². The summed E-state index contributed by atoms with van der Waals surface area (Å²) in [7, 11) is 0. The van der Waals surface area contributed by atoms with Crippen molar-refractivity contribution >= 4 is 11.8 Å². The maximum absolute atomic E-state index is 6.05. The minimum atomic E-state index is 0.453. The van der Waals surface area contributed by atoms with Crippen molar-refractivity contribution in [1.29, 1.82) is 0 Å². The zero-order valence-electron chi connectivity index (χ0n) is 8.96. The van der Waals surface area contributed by atoms with Crippen LogP contribution in [0.5, 0.6) is 0 Å². The Labute approximate surface area is 86.8 Å². The minimum absolute atomic E-state index is 0.453. The first-order valence-electron chi connectivity index (χ1n) is 5.51. The van der Waals surface area contributed by atoms with Gasteiger partial charge in [-0.3, -0.25) is 0 Å². The second-order valence-electron chi connectivity index (χ2n) is 4.72. The van der Waals surface area contributed by atoms with E-state index in [1.54, 1.807) is 0 Å². The fourth-order valence-electron chi connectivity index (χ4n) is 1.68. The van der Waals surface area contributed by atoms with Gasteiger partial charge in [-0.05, 0) is 24.0 Å².